The average molecular weight is 489 g/mol. The second-order valence-electron chi connectivity index (χ2n) is 9.45. The molecule has 37 heavy (non-hydrogen) atoms. The van der Waals surface area contributed by atoms with Crippen LogP contribution in [-0.2, 0) is 0 Å². The van der Waals surface area contributed by atoms with Crippen LogP contribution < -0.4 is 0 Å². The lowest BCUT2D eigenvalue weighted by Crippen LogP contribution is -1.96. The van der Waals surface area contributed by atoms with E-state index >= 15 is 0 Å². The third kappa shape index (κ3) is 3.25. The molecule has 0 saturated carbocycles. The average Bonchev–Trinajstić information content (AvgIpc) is 3.32. The molecule has 0 saturated heterocycles. The number of hydrogen-bond acceptors (Lipinski definition) is 3. The Kier molecular flexibility index (Phi) is 4.42. The molecule has 2 aromatic heterocycles. The fraction of sp³-hybridized carbons (Fsp3) is 0. The second-order valence-corrected chi connectivity index (χ2v) is 10.5. The molecule has 0 spiro atoms. The molecular formula is C34H20N2S. The minimum absolute atomic E-state index is 0.908. The van der Waals surface area contributed by atoms with Crippen molar-refractivity contribution in [2.24, 2.45) is 0 Å². The SMILES string of the molecule is c1ccc(-c2nc3ccc4ccccc4c3nc2-c2ccc3cc4c(cc3c2)sc2ccccc24)cc1. The van der Waals surface area contributed by atoms with Crippen molar-refractivity contribution in [3.05, 3.63) is 121 Å². The second kappa shape index (κ2) is 7.95. The first-order valence-electron chi connectivity index (χ1n) is 12.4. The van der Waals surface area contributed by atoms with Crippen LogP contribution in [0.1, 0.15) is 0 Å². The van der Waals surface area contributed by atoms with E-state index in [-0.39, 0.29) is 0 Å². The zero-order valence-corrected chi connectivity index (χ0v) is 20.7. The Bertz CT molecular complexity index is 2140. The number of rotatable bonds is 2. The van der Waals surface area contributed by atoms with Crippen molar-refractivity contribution in [1.82, 2.24) is 9.97 Å². The van der Waals surface area contributed by atoms with Crippen molar-refractivity contribution >= 4 is 64.1 Å². The smallest absolute Gasteiger partial charge is 0.0973 e. The van der Waals surface area contributed by atoms with E-state index in [1.807, 2.05) is 17.4 Å². The molecule has 2 nitrogen and oxygen atoms in total. The van der Waals surface area contributed by atoms with Gasteiger partial charge in [-0.1, -0.05) is 91.0 Å². The molecule has 3 heteroatoms. The molecule has 8 aromatic rings. The maximum atomic E-state index is 5.29. The van der Waals surface area contributed by atoms with Crippen molar-refractivity contribution < 1.29 is 0 Å². The van der Waals surface area contributed by atoms with Gasteiger partial charge in [-0.3, -0.25) is 0 Å². The monoisotopic (exact) mass is 488 g/mol. The third-order valence-corrected chi connectivity index (χ3v) is 8.35. The zero-order valence-electron chi connectivity index (χ0n) is 19.8. The normalized spacial score (nSPS) is 11.8. The topological polar surface area (TPSA) is 25.8 Å². The highest BCUT2D eigenvalue weighted by molar-refractivity contribution is 7.25. The van der Waals surface area contributed by atoms with Gasteiger partial charge in [0, 0.05) is 36.7 Å². The minimum atomic E-state index is 0.908. The third-order valence-electron chi connectivity index (χ3n) is 7.22. The summed E-state index contributed by atoms with van der Waals surface area (Å²) in [6, 6.07) is 43.0. The van der Waals surface area contributed by atoms with Gasteiger partial charge in [0.2, 0.25) is 0 Å². The fourth-order valence-electron chi connectivity index (χ4n) is 5.40. The van der Waals surface area contributed by atoms with Gasteiger partial charge < -0.3 is 0 Å². The van der Waals surface area contributed by atoms with Crippen LogP contribution in [0.3, 0.4) is 0 Å². The van der Waals surface area contributed by atoms with E-state index in [1.165, 1.54) is 36.3 Å². The van der Waals surface area contributed by atoms with Crippen LogP contribution in [0, 0.1) is 0 Å². The lowest BCUT2D eigenvalue weighted by molar-refractivity contribution is 1.30. The molecule has 0 aliphatic rings. The van der Waals surface area contributed by atoms with Crippen molar-refractivity contribution in [2.45, 2.75) is 0 Å². The quantitative estimate of drug-likeness (QED) is 0.226. The molecule has 0 aliphatic carbocycles. The Labute approximate surface area is 217 Å². The first-order valence-corrected chi connectivity index (χ1v) is 13.2. The largest absolute Gasteiger partial charge is 0.244 e. The molecule has 6 aromatic carbocycles. The highest BCUT2D eigenvalue weighted by Gasteiger charge is 2.16. The lowest BCUT2D eigenvalue weighted by Gasteiger charge is -2.13. The molecule has 0 unspecified atom stereocenters. The summed E-state index contributed by atoms with van der Waals surface area (Å²) in [4.78, 5) is 10.5. The highest BCUT2D eigenvalue weighted by atomic mass is 32.1. The summed E-state index contributed by atoms with van der Waals surface area (Å²) in [5.41, 5.74) is 5.82. The van der Waals surface area contributed by atoms with Gasteiger partial charge in [0.15, 0.2) is 0 Å². The summed E-state index contributed by atoms with van der Waals surface area (Å²) >= 11 is 1.85. The van der Waals surface area contributed by atoms with Gasteiger partial charge in [-0.2, -0.15) is 0 Å². The number of thiophene rings is 1. The number of nitrogens with zero attached hydrogens (tertiary/aromatic N) is 2. The Hall–Kier alpha value is -4.60. The molecular weight excluding hydrogens is 468 g/mol. The van der Waals surface area contributed by atoms with Gasteiger partial charge in [0.1, 0.15) is 0 Å². The van der Waals surface area contributed by atoms with E-state index in [9.17, 15) is 0 Å². The minimum Gasteiger partial charge on any atom is -0.244 e. The Morgan fingerprint density at radius 1 is 0.432 bits per heavy atom. The Morgan fingerprint density at radius 2 is 1.19 bits per heavy atom. The summed E-state index contributed by atoms with van der Waals surface area (Å²) in [6.07, 6.45) is 0. The summed E-state index contributed by atoms with van der Waals surface area (Å²) in [6.45, 7) is 0. The molecule has 0 aliphatic heterocycles. The van der Waals surface area contributed by atoms with Gasteiger partial charge in [-0.25, -0.2) is 9.97 Å². The predicted molar refractivity (Wildman–Crippen MR) is 158 cm³/mol. The van der Waals surface area contributed by atoms with Crippen LogP contribution in [0.15, 0.2) is 121 Å². The van der Waals surface area contributed by atoms with Crippen LogP contribution in [0.25, 0.3) is 75.3 Å². The zero-order chi connectivity index (χ0) is 24.3. The van der Waals surface area contributed by atoms with E-state index < -0.39 is 0 Å². The van der Waals surface area contributed by atoms with Crippen molar-refractivity contribution in [1.29, 1.82) is 0 Å². The van der Waals surface area contributed by atoms with E-state index in [4.69, 9.17) is 9.97 Å². The van der Waals surface area contributed by atoms with Crippen LogP contribution in [0.5, 0.6) is 0 Å². The molecule has 0 amide bonds. The van der Waals surface area contributed by atoms with Gasteiger partial charge in [-0.15, -0.1) is 11.3 Å². The Morgan fingerprint density at radius 3 is 2.11 bits per heavy atom. The van der Waals surface area contributed by atoms with Crippen molar-refractivity contribution in [2.75, 3.05) is 0 Å². The fourth-order valence-corrected chi connectivity index (χ4v) is 6.54. The van der Waals surface area contributed by atoms with E-state index in [1.54, 1.807) is 0 Å². The number of hydrogen-bond donors (Lipinski definition) is 0. The van der Waals surface area contributed by atoms with Crippen molar-refractivity contribution in [3.63, 3.8) is 0 Å². The maximum Gasteiger partial charge on any atom is 0.0973 e. The molecule has 0 N–H and O–H groups in total. The summed E-state index contributed by atoms with van der Waals surface area (Å²) in [5, 5.41) is 7.40. The standard InChI is InChI=1S/C34H20N2S/c1-2-9-22(10-3-1)32-33(36-34-26-11-5-4-8-21(26)16-17-29(34)35-32)24-15-14-23-19-28-27-12-6-7-13-30(27)37-31(28)20-25(23)18-24/h1-20H. The molecule has 0 bridgehead atoms. The van der Waals surface area contributed by atoms with Gasteiger partial charge >= 0.3 is 0 Å². The number of benzene rings is 6. The van der Waals surface area contributed by atoms with E-state index in [0.29, 0.717) is 0 Å². The Balaban J connectivity index is 1.42. The predicted octanol–water partition coefficient (Wildman–Crippen LogP) is 9.64. The van der Waals surface area contributed by atoms with Crippen LogP contribution in [0.2, 0.25) is 0 Å². The first kappa shape index (κ1) is 20.6. The van der Waals surface area contributed by atoms with Gasteiger partial charge in [-0.05, 0) is 46.5 Å². The van der Waals surface area contributed by atoms with Crippen LogP contribution in [-0.4, -0.2) is 9.97 Å². The molecule has 2 heterocycles. The molecule has 0 radical (unpaired) electrons. The molecule has 172 valence electrons. The number of fused-ring (bicyclic) bond motifs is 7. The molecule has 0 atom stereocenters. The van der Waals surface area contributed by atoms with Gasteiger partial charge in [0.25, 0.3) is 0 Å². The summed E-state index contributed by atoms with van der Waals surface area (Å²) < 4.78 is 2.64. The van der Waals surface area contributed by atoms with E-state index in [2.05, 4.69) is 115 Å². The first-order chi connectivity index (χ1) is 18.3. The highest BCUT2D eigenvalue weighted by Crippen LogP contribution is 2.39. The van der Waals surface area contributed by atoms with Crippen molar-refractivity contribution in [3.8, 4) is 22.5 Å². The van der Waals surface area contributed by atoms with Crippen LogP contribution in [0.4, 0.5) is 0 Å². The van der Waals surface area contributed by atoms with Gasteiger partial charge in [0.05, 0.1) is 22.4 Å². The number of aromatic nitrogens is 2. The summed E-state index contributed by atoms with van der Waals surface area (Å²) in [7, 11) is 0. The molecule has 0 fully saturated rings. The lowest BCUT2D eigenvalue weighted by atomic mass is 9.99. The van der Waals surface area contributed by atoms with E-state index in [0.717, 1.165) is 38.9 Å². The summed E-state index contributed by atoms with van der Waals surface area (Å²) in [5.74, 6) is 0. The van der Waals surface area contributed by atoms with Crippen LogP contribution >= 0.6 is 11.3 Å². The maximum absolute atomic E-state index is 5.29. The molecule has 8 rings (SSSR count).